The quantitative estimate of drug-likeness (QED) is 0.325. The number of benzene rings is 3. The van der Waals surface area contributed by atoms with Crippen LogP contribution >= 0.6 is 11.6 Å². The van der Waals surface area contributed by atoms with Gasteiger partial charge < -0.3 is 19.9 Å². The molecule has 0 fully saturated rings. The Morgan fingerprint density at radius 2 is 1.76 bits per heavy atom. The number of hydrogen-bond donors (Lipinski definition) is 2. The minimum Gasteiger partial charge on any atom is -0.497 e. The predicted octanol–water partition coefficient (Wildman–Crippen LogP) is 4.55. The molecule has 168 valence electrons. The van der Waals surface area contributed by atoms with Crippen molar-refractivity contribution in [1.82, 2.24) is 0 Å². The maximum absolute atomic E-state index is 13.3. The minimum atomic E-state index is -1.25. The molecule has 1 heterocycles. The van der Waals surface area contributed by atoms with Gasteiger partial charge in [0.1, 0.15) is 23.0 Å². The summed E-state index contributed by atoms with van der Waals surface area (Å²) < 4.78 is 10.7. The monoisotopic (exact) mass is 465 g/mol. The molecule has 3 aromatic rings. The number of ether oxygens (including phenoxy) is 2. The lowest BCUT2D eigenvalue weighted by atomic mass is 9.81. The predicted molar refractivity (Wildman–Crippen MR) is 122 cm³/mol. The van der Waals surface area contributed by atoms with E-state index >= 15 is 0 Å². The molecule has 0 spiro atoms. The van der Waals surface area contributed by atoms with Crippen LogP contribution in [0.25, 0.3) is 0 Å². The Labute approximate surface area is 194 Å². The molecule has 0 radical (unpaired) electrons. The number of carboxylic acids is 1. The van der Waals surface area contributed by atoms with Crippen molar-refractivity contribution in [2.24, 2.45) is 5.92 Å². The first-order valence-corrected chi connectivity index (χ1v) is 10.5. The Bertz CT molecular complexity index is 1220. The Kier molecular flexibility index (Phi) is 6.33. The summed E-state index contributed by atoms with van der Waals surface area (Å²) in [5.41, 5.74) is 1.77. The number of para-hydroxylation sites is 1. The van der Waals surface area contributed by atoms with Crippen molar-refractivity contribution in [3.63, 3.8) is 0 Å². The lowest BCUT2D eigenvalue weighted by Gasteiger charge is -2.23. The number of aromatic carboxylic acids is 1. The van der Waals surface area contributed by atoms with Gasteiger partial charge in [-0.05, 0) is 53.9 Å². The van der Waals surface area contributed by atoms with Crippen LogP contribution in [0.15, 0.2) is 66.7 Å². The Morgan fingerprint density at radius 1 is 1.03 bits per heavy atom. The largest absolute Gasteiger partial charge is 0.497 e. The van der Waals surface area contributed by atoms with Gasteiger partial charge in [-0.15, -0.1) is 0 Å². The fraction of sp³-hybridized carbons (Fsp3) is 0.160. The molecule has 8 heteroatoms. The maximum Gasteiger partial charge on any atom is 0.339 e. The number of halogens is 1. The molecule has 3 aromatic carbocycles. The summed E-state index contributed by atoms with van der Waals surface area (Å²) in [4.78, 5) is 38.1. The highest BCUT2D eigenvalue weighted by Crippen LogP contribution is 2.39. The zero-order chi connectivity index (χ0) is 23.5. The maximum atomic E-state index is 13.3. The third kappa shape index (κ3) is 4.54. The van der Waals surface area contributed by atoms with Gasteiger partial charge in [-0.2, -0.15) is 0 Å². The van der Waals surface area contributed by atoms with Gasteiger partial charge in [0, 0.05) is 16.6 Å². The second kappa shape index (κ2) is 9.34. The molecule has 2 atom stereocenters. The van der Waals surface area contributed by atoms with Crippen molar-refractivity contribution >= 4 is 35.1 Å². The molecule has 0 aromatic heterocycles. The lowest BCUT2D eigenvalue weighted by Crippen LogP contribution is -2.36. The Morgan fingerprint density at radius 3 is 2.45 bits per heavy atom. The zero-order valence-electron chi connectivity index (χ0n) is 17.6. The molecule has 0 bridgehead atoms. The molecule has 1 aliphatic heterocycles. The number of anilines is 1. The molecular formula is C25H20ClNO6. The van der Waals surface area contributed by atoms with Gasteiger partial charge in [0.2, 0.25) is 5.91 Å². The number of hydrogen-bond acceptors (Lipinski definition) is 5. The molecule has 0 saturated heterocycles. The first-order valence-electron chi connectivity index (χ1n) is 10.1. The first-order chi connectivity index (χ1) is 15.9. The van der Waals surface area contributed by atoms with E-state index in [2.05, 4.69) is 5.32 Å². The van der Waals surface area contributed by atoms with Crippen molar-refractivity contribution < 1.29 is 29.0 Å². The lowest BCUT2D eigenvalue weighted by molar-refractivity contribution is -0.144. The van der Waals surface area contributed by atoms with Crippen LogP contribution < -0.4 is 14.8 Å². The van der Waals surface area contributed by atoms with E-state index in [1.54, 1.807) is 55.6 Å². The van der Waals surface area contributed by atoms with Crippen LogP contribution in [-0.4, -0.2) is 30.1 Å². The zero-order valence-corrected chi connectivity index (χ0v) is 18.3. The minimum absolute atomic E-state index is 0.129. The van der Waals surface area contributed by atoms with Gasteiger partial charge >= 0.3 is 11.9 Å². The van der Waals surface area contributed by atoms with E-state index in [9.17, 15) is 19.5 Å². The Hall–Kier alpha value is -3.84. The standard InChI is InChI=1S/C25H20ClNO6/c1-32-15-11-9-14(10-12-15)17-13-18-19(26)6-4-7-20(18)27-23(28)22(17)25(31)33-21-8-3-2-5-16(21)24(29)30/h2-12,17,22H,13H2,1H3,(H,27,28)(H,29,30)/t17-,22+/m1/s1. The molecule has 2 N–H and O–H groups in total. The van der Waals surface area contributed by atoms with Gasteiger partial charge in [0.15, 0.2) is 0 Å². The number of carbonyl (C=O) groups excluding carboxylic acids is 2. The summed E-state index contributed by atoms with van der Waals surface area (Å²) in [5, 5.41) is 12.7. The second-order valence-electron chi connectivity index (χ2n) is 7.54. The van der Waals surface area contributed by atoms with E-state index in [1.165, 1.54) is 18.2 Å². The van der Waals surface area contributed by atoms with Gasteiger partial charge in [-0.3, -0.25) is 9.59 Å². The molecule has 0 saturated carbocycles. The van der Waals surface area contributed by atoms with E-state index < -0.39 is 29.7 Å². The van der Waals surface area contributed by atoms with Crippen molar-refractivity contribution in [1.29, 1.82) is 0 Å². The summed E-state index contributed by atoms with van der Waals surface area (Å²) in [6, 6.07) is 18.0. The number of amides is 1. The van der Waals surface area contributed by atoms with Crippen molar-refractivity contribution in [2.75, 3.05) is 12.4 Å². The van der Waals surface area contributed by atoms with E-state index in [0.717, 1.165) is 0 Å². The fourth-order valence-electron chi connectivity index (χ4n) is 3.95. The highest BCUT2D eigenvalue weighted by atomic mass is 35.5. The summed E-state index contributed by atoms with van der Waals surface area (Å²) in [6.45, 7) is 0. The highest BCUT2D eigenvalue weighted by molar-refractivity contribution is 6.32. The number of carbonyl (C=O) groups is 3. The van der Waals surface area contributed by atoms with Crippen LogP contribution in [0.2, 0.25) is 5.02 Å². The van der Waals surface area contributed by atoms with Crippen molar-refractivity contribution in [3.8, 4) is 11.5 Å². The van der Waals surface area contributed by atoms with Crippen LogP contribution in [0.3, 0.4) is 0 Å². The average Bonchev–Trinajstić information content (AvgIpc) is 2.96. The molecule has 4 rings (SSSR count). The molecule has 0 aliphatic carbocycles. The summed E-state index contributed by atoms with van der Waals surface area (Å²) in [6.07, 6.45) is 0.292. The van der Waals surface area contributed by atoms with Gasteiger partial charge in [-0.1, -0.05) is 41.9 Å². The average molecular weight is 466 g/mol. The summed E-state index contributed by atoms with van der Waals surface area (Å²) in [7, 11) is 1.55. The number of methoxy groups -OCH3 is 1. The molecule has 0 unspecified atom stereocenters. The topological polar surface area (TPSA) is 102 Å². The van der Waals surface area contributed by atoms with Gasteiger partial charge in [0.25, 0.3) is 0 Å². The number of nitrogens with one attached hydrogen (secondary N) is 1. The van der Waals surface area contributed by atoms with E-state index in [0.29, 0.717) is 34.0 Å². The van der Waals surface area contributed by atoms with Crippen LogP contribution in [0.4, 0.5) is 5.69 Å². The highest BCUT2D eigenvalue weighted by Gasteiger charge is 2.41. The molecule has 1 aliphatic rings. The van der Waals surface area contributed by atoms with Crippen LogP contribution in [0, 0.1) is 5.92 Å². The molecular weight excluding hydrogens is 446 g/mol. The summed E-state index contributed by atoms with van der Waals surface area (Å²) in [5.74, 6) is -4.01. The van der Waals surface area contributed by atoms with Crippen LogP contribution in [0.5, 0.6) is 11.5 Å². The van der Waals surface area contributed by atoms with Crippen molar-refractivity contribution in [3.05, 3.63) is 88.4 Å². The van der Waals surface area contributed by atoms with Crippen LogP contribution in [-0.2, 0) is 16.0 Å². The molecule has 7 nitrogen and oxygen atoms in total. The van der Waals surface area contributed by atoms with Gasteiger partial charge in [-0.25, -0.2) is 4.79 Å². The van der Waals surface area contributed by atoms with E-state index in [-0.39, 0.29) is 11.3 Å². The van der Waals surface area contributed by atoms with Crippen LogP contribution in [0.1, 0.15) is 27.4 Å². The van der Waals surface area contributed by atoms with Gasteiger partial charge in [0.05, 0.1) is 7.11 Å². The number of rotatable bonds is 5. The number of carboxylic acid groups (broad SMARTS) is 1. The SMILES string of the molecule is COc1ccc([C@H]2Cc3c(Cl)cccc3NC(=O)[C@H]2C(=O)Oc2ccccc2C(=O)O)cc1. The Balaban J connectivity index is 1.76. The fourth-order valence-corrected chi connectivity index (χ4v) is 4.20. The first kappa shape index (κ1) is 22.4. The van der Waals surface area contributed by atoms with E-state index in [4.69, 9.17) is 21.1 Å². The normalized spacial score (nSPS) is 17.3. The smallest absolute Gasteiger partial charge is 0.339 e. The van der Waals surface area contributed by atoms with Crippen molar-refractivity contribution in [2.45, 2.75) is 12.3 Å². The number of fused-ring (bicyclic) bond motifs is 1. The third-order valence-electron chi connectivity index (χ3n) is 5.61. The third-order valence-corrected chi connectivity index (χ3v) is 5.97. The second-order valence-corrected chi connectivity index (χ2v) is 7.95. The molecule has 1 amide bonds. The molecule has 33 heavy (non-hydrogen) atoms. The van der Waals surface area contributed by atoms with E-state index in [1.807, 2.05) is 0 Å². The summed E-state index contributed by atoms with van der Waals surface area (Å²) >= 11 is 6.42. The number of esters is 1.